The molecule has 1 saturated heterocycles. The Morgan fingerprint density at radius 3 is 2.94 bits per heavy atom. The van der Waals surface area contributed by atoms with Crippen LogP contribution in [0.15, 0.2) is 61.1 Å². The largest absolute Gasteiger partial charge is 0.340 e. The Bertz CT molecular complexity index is 1320. The second-order valence-electron chi connectivity index (χ2n) is 8.90. The molecule has 0 saturated carbocycles. The molecule has 1 fully saturated rings. The molecule has 33 heavy (non-hydrogen) atoms. The molecule has 7 nitrogen and oxygen atoms in total. The number of amides is 1. The maximum atomic E-state index is 12.9. The lowest BCUT2D eigenvalue weighted by Crippen LogP contribution is -2.34. The molecule has 1 aliphatic rings. The van der Waals surface area contributed by atoms with E-state index in [1.54, 1.807) is 6.07 Å². The zero-order valence-electron chi connectivity index (χ0n) is 18.6. The summed E-state index contributed by atoms with van der Waals surface area (Å²) >= 11 is 0. The second kappa shape index (κ2) is 8.91. The quantitative estimate of drug-likeness (QED) is 0.489. The van der Waals surface area contributed by atoms with E-state index < -0.39 is 0 Å². The molecule has 1 N–H and O–H groups in total. The van der Waals surface area contributed by atoms with Gasteiger partial charge in [-0.15, -0.1) is 0 Å². The minimum Gasteiger partial charge on any atom is -0.340 e. The van der Waals surface area contributed by atoms with Crippen LogP contribution >= 0.6 is 0 Å². The molecule has 166 valence electrons. The van der Waals surface area contributed by atoms with E-state index in [0.29, 0.717) is 24.3 Å². The summed E-state index contributed by atoms with van der Waals surface area (Å²) in [6.45, 7) is 3.69. The van der Waals surface area contributed by atoms with Crippen LogP contribution in [0.4, 0.5) is 0 Å². The predicted molar refractivity (Wildman–Crippen MR) is 126 cm³/mol. The number of H-pyrrole nitrogens is 1. The Morgan fingerprint density at radius 2 is 2.12 bits per heavy atom. The van der Waals surface area contributed by atoms with Crippen LogP contribution < -0.4 is 0 Å². The van der Waals surface area contributed by atoms with Gasteiger partial charge in [-0.05, 0) is 61.1 Å². The third-order valence-corrected chi connectivity index (χ3v) is 6.57. The highest BCUT2D eigenvalue weighted by atomic mass is 16.2. The fourth-order valence-corrected chi connectivity index (χ4v) is 4.88. The molecule has 0 bridgehead atoms. The molecule has 0 spiro atoms. The van der Waals surface area contributed by atoms with Gasteiger partial charge < -0.3 is 4.90 Å². The minimum absolute atomic E-state index is 0.183. The summed E-state index contributed by atoms with van der Waals surface area (Å²) in [4.78, 5) is 14.9. The minimum atomic E-state index is 0.183. The van der Waals surface area contributed by atoms with Gasteiger partial charge in [0.05, 0.1) is 29.5 Å². The van der Waals surface area contributed by atoms with Gasteiger partial charge in [0, 0.05) is 42.7 Å². The number of benzene rings is 2. The third kappa shape index (κ3) is 4.37. The zero-order chi connectivity index (χ0) is 22.8. The topological polar surface area (TPSA) is 90.6 Å². The number of aromatic amines is 1. The van der Waals surface area contributed by atoms with E-state index >= 15 is 0 Å². The number of aryl methyl sites for hydroxylation is 1. The van der Waals surface area contributed by atoms with Crippen LogP contribution in [-0.2, 0) is 17.8 Å². The number of hydrogen-bond acceptors (Lipinski definition) is 4. The van der Waals surface area contributed by atoms with Crippen molar-refractivity contribution >= 4 is 16.8 Å². The van der Waals surface area contributed by atoms with Gasteiger partial charge in [-0.1, -0.05) is 18.2 Å². The van der Waals surface area contributed by atoms with E-state index in [2.05, 4.69) is 51.2 Å². The van der Waals surface area contributed by atoms with Crippen molar-refractivity contribution < 1.29 is 4.79 Å². The smallest absolute Gasteiger partial charge is 0.223 e. The lowest BCUT2D eigenvalue weighted by molar-refractivity contribution is -0.131. The van der Waals surface area contributed by atoms with Gasteiger partial charge in [0.2, 0.25) is 5.91 Å². The van der Waals surface area contributed by atoms with Crippen molar-refractivity contribution in [2.45, 2.75) is 38.8 Å². The molecule has 0 aliphatic carbocycles. The first-order chi connectivity index (χ1) is 16.1. The van der Waals surface area contributed by atoms with Gasteiger partial charge in [-0.2, -0.15) is 15.5 Å². The van der Waals surface area contributed by atoms with Crippen molar-refractivity contribution in [2.24, 2.45) is 5.92 Å². The fourth-order valence-electron chi connectivity index (χ4n) is 4.88. The van der Waals surface area contributed by atoms with Gasteiger partial charge in [0.1, 0.15) is 0 Å². The number of fused-ring (bicyclic) bond motifs is 1. The Labute approximate surface area is 192 Å². The van der Waals surface area contributed by atoms with Crippen LogP contribution in [0, 0.1) is 17.2 Å². The van der Waals surface area contributed by atoms with Crippen molar-refractivity contribution in [3.05, 3.63) is 72.2 Å². The van der Waals surface area contributed by atoms with Gasteiger partial charge >= 0.3 is 0 Å². The van der Waals surface area contributed by atoms with E-state index in [9.17, 15) is 4.79 Å². The standard InChI is InChI=1S/C26H26N6O/c1-18-9-21(16-31(18)26(33)8-5-19-3-2-4-20(10-19)12-27)17-32-25-7-6-22(11-23(25)15-30-32)24-13-28-29-14-24/h2-4,6-7,10-11,13-15,18,21H,5,8-9,16-17H2,1H3,(H,28,29)/t18-,21?/m0/s1. The number of rotatable bonds is 6. The first kappa shape index (κ1) is 21.0. The lowest BCUT2D eigenvalue weighted by Gasteiger charge is -2.21. The van der Waals surface area contributed by atoms with Crippen LogP contribution in [0.2, 0.25) is 0 Å². The van der Waals surface area contributed by atoms with Gasteiger partial charge in [0.15, 0.2) is 0 Å². The summed E-state index contributed by atoms with van der Waals surface area (Å²) in [5.74, 6) is 0.560. The number of nitriles is 1. The summed E-state index contributed by atoms with van der Waals surface area (Å²) in [5.41, 5.74) is 4.95. The third-order valence-electron chi connectivity index (χ3n) is 6.57. The highest BCUT2D eigenvalue weighted by Crippen LogP contribution is 2.28. The Morgan fingerprint density at radius 1 is 1.21 bits per heavy atom. The van der Waals surface area contributed by atoms with Gasteiger partial charge in [-0.3, -0.25) is 14.6 Å². The number of likely N-dealkylation sites (tertiary alicyclic amines) is 1. The number of aromatic nitrogens is 4. The molecule has 4 aromatic rings. The van der Waals surface area contributed by atoms with Crippen molar-refractivity contribution in [3.63, 3.8) is 0 Å². The normalized spacial score (nSPS) is 18.0. The van der Waals surface area contributed by atoms with Crippen molar-refractivity contribution in [2.75, 3.05) is 6.54 Å². The highest BCUT2D eigenvalue weighted by molar-refractivity contribution is 5.84. The van der Waals surface area contributed by atoms with Gasteiger partial charge in [-0.25, -0.2) is 0 Å². The number of carbonyl (C=O) groups is 1. The molecule has 2 aromatic heterocycles. The summed E-state index contributed by atoms with van der Waals surface area (Å²) in [6.07, 6.45) is 7.72. The Balaban J connectivity index is 1.22. The van der Waals surface area contributed by atoms with Crippen molar-refractivity contribution in [3.8, 4) is 17.2 Å². The van der Waals surface area contributed by atoms with Crippen LogP contribution in [0.25, 0.3) is 22.0 Å². The molecular formula is C26H26N6O. The summed E-state index contributed by atoms with van der Waals surface area (Å²) in [5, 5.41) is 21.7. The van der Waals surface area contributed by atoms with E-state index in [1.807, 2.05) is 41.7 Å². The summed E-state index contributed by atoms with van der Waals surface area (Å²) in [6, 6.07) is 16.2. The molecule has 3 heterocycles. The number of nitrogens with one attached hydrogen (secondary N) is 1. The molecule has 2 atom stereocenters. The maximum Gasteiger partial charge on any atom is 0.223 e. The molecular weight excluding hydrogens is 412 g/mol. The molecule has 1 unspecified atom stereocenters. The number of hydrogen-bond donors (Lipinski definition) is 1. The second-order valence-corrected chi connectivity index (χ2v) is 8.90. The number of carbonyl (C=O) groups excluding carboxylic acids is 1. The monoisotopic (exact) mass is 438 g/mol. The van der Waals surface area contributed by atoms with Crippen LogP contribution in [-0.4, -0.2) is 43.4 Å². The highest BCUT2D eigenvalue weighted by Gasteiger charge is 2.32. The van der Waals surface area contributed by atoms with Crippen LogP contribution in [0.1, 0.15) is 30.9 Å². The number of nitrogens with zero attached hydrogens (tertiary/aromatic N) is 5. The molecule has 7 heteroatoms. The van der Waals surface area contributed by atoms with Crippen LogP contribution in [0.5, 0.6) is 0 Å². The average molecular weight is 439 g/mol. The maximum absolute atomic E-state index is 12.9. The van der Waals surface area contributed by atoms with Gasteiger partial charge in [0.25, 0.3) is 0 Å². The summed E-state index contributed by atoms with van der Waals surface area (Å²) in [7, 11) is 0. The van der Waals surface area contributed by atoms with Crippen molar-refractivity contribution in [1.82, 2.24) is 24.9 Å². The molecule has 2 aromatic carbocycles. The molecule has 1 aliphatic heterocycles. The lowest BCUT2D eigenvalue weighted by atomic mass is 10.1. The molecule has 1 amide bonds. The SMILES string of the molecule is C[C@H]1CC(Cn2ncc3cc(-c4cn[nH]c4)ccc32)CN1C(=O)CCc1cccc(C#N)c1. The summed E-state index contributed by atoms with van der Waals surface area (Å²) < 4.78 is 2.06. The Kier molecular flexibility index (Phi) is 5.66. The average Bonchev–Trinajstić information content (AvgIpc) is 3.58. The van der Waals surface area contributed by atoms with E-state index in [4.69, 9.17) is 5.26 Å². The van der Waals surface area contributed by atoms with Crippen LogP contribution in [0.3, 0.4) is 0 Å². The Hall–Kier alpha value is -3.92. The first-order valence-electron chi connectivity index (χ1n) is 11.3. The van der Waals surface area contributed by atoms with Crippen molar-refractivity contribution in [1.29, 1.82) is 5.26 Å². The predicted octanol–water partition coefficient (Wildman–Crippen LogP) is 4.17. The molecule has 5 rings (SSSR count). The molecule has 0 radical (unpaired) electrons. The zero-order valence-corrected chi connectivity index (χ0v) is 18.6. The first-order valence-corrected chi connectivity index (χ1v) is 11.3. The van der Waals surface area contributed by atoms with E-state index in [-0.39, 0.29) is 11.9 Å². The fraction of sp³-hybridized carbons (Fsp3) is 0.308. The van der Waals surface area contributed by atoms with E-state index in [1.165, 1.54) is 0 Å². The van der Waals surface area contributed by atoms with E-state index in [0.717, 1.165) is 47.1 Å².